The summed E-state index contributed by atoms with van der Waals surface area (Å²) in [6.45, 7) is 1.07. The first-order valence-electron chi connectivity index (χ1n) is 6.31. The molecule has 102 valence electrons. The molecule has 19 heavy (non-hydrogen) atoms. The molecule has 1 aromatic carbocycles. The maximum absolute atomic E-state index is 12.2. The van der Waals surface area contributed by atoms with Gasteiger partial charge in [-0.2, -0.15) is 0 Å². The van der Waals surface area contributed by atoms with Gasteiger partial charge in [-0.3, -0.25) is 9.59 Å². The molecule has 0 aromatic heterocycles. The number of aliphatic hydroxyl groups is 1. The van der Waals surface area contributed by atoms with Crippen LogP contribution >= 0.6 is 0 Å². The van der Waals surface area contributed by atoms with Crippen LogP contribution in [0.25, 0.3) is 0 Å². The number of amides is 1. The molecule has 2 rings (SSSR count). The molecular weight excluding hydrogens is 246 g/mol. The summed E-state index contributed by atoms with van der Waals surface area (Å²) in [6.07, 6.45) is 0.861. The molecule has 1 aromatic rings. The van der Waals surface area contributed by atoms with Gasteiger partial charge in [0.2, 0.25) is 0 Å². The van der Waals surface area contributed by atoms with Crippen molar-refractivity contribution in [2.45, 2.75) is 19.4 Å². The Labute approximate surface area is 111 Å². The Bertz CT molecular complexity index is 469. The predicted molar refractivity (Wildman–Crippen MR) is 68.6 cm³/mol. The van der Waals surface area contributed by atoms with E-state index in [4.69, 9.17) is 10.2 Å². The van der Waals surface area contributed by atoms with Gasteiger partial charge in [0.05, 0.1) is 6.61 Å². The van der Waals surface area contributed by atoms with Crippen molar-refractivity contribution in [1.29, 1.82) is 0 Å². The third-order valence-electron chi connectivity index (χ3n) is 3.42. The smallest absolute Gasteiger partial charge is 0.303 e. The highest BCUT2D eigenvalue weighted by Gasteiger charge is 2.28. The van der Waals surface area contributed by atoms with Crippen molar-refractivity contribution in [3.8, 4) is 0 Å². The lowest BCUT2D eigenvalue weighted by molar-refractivity contribution is -0.138. The maximum Gasteiger partial charge on any atom is 0.303 e. The van der Waals surface area contributed by atoms with E-state index >= 15 is 0 Å². The van der Waals surface area contributed by atoms with Crippen LogP contribution in [0.3, 0.4) is 0 Å². The number of benzene rings is 1. The number of nitrogens with zero attached hydrogens (tertiary/aromatic N) is 1. The average Bonchev–Trinajstić information content (AvgIpc) is 2.85. The largest absolute Gasteiger partial charge is 0.481 e. The van der Waals surface area contributed by atoms with Crippen molar-refractivity contribution in [2.75, 3.05) is 13.1 Å². The lowest BCUT2D eigenvalue weighted by Gasteiger charge is -2.16. The first kappa shape index (κ1) is 13.5. The van der Waals surface area contributed by atoms with Crippen LogP contribution in [0.2, 0.25) is 0 Å². The van der Waals surface area contributed by atoms with Crippen LogP contribution < -0.4 is 0 Å². The first-order valence-corrected chi connectivity index (χ1v) is 6.31. The van der Waals surface area contributed by atoms with E-state index in [1.807, 2.05) is 0 Å². The summed E-state index contributed by atoms with van der Waals surface area (Å²) in [5.74, 6) is -0.831. The number of carbonyl (C=O) groups is 2. The highest BCUT2D eigenvalue weighted by atomic mass is 16.4. The molecule has 1 heterocycles. The van der Waals surface area contributed by atoms with Gasteiger partial charge in [0.15, 0.2) is 0 Å². The second kappa shape index (κ2) is 5.84. The van der Waals surface area contributed by atoms with Crippen LogP contribution in [0, 0.1) is 5.92 Å². The van der Waals surface area contributed by atoms with E-state index in [0.717, 1.165) is 12.0 Å². The van der Waals surface area contributed by atoms with E-state index in [-0.39, 0.29) is 24.9 Å². The molecule has 0 aliphatic carbocycles. The molecule has 1 aliphatic rings. The third-order valence-corrected chi connectivity index (χ3v) is 3.42. The van der Waals surface area contributed by atoms with Crippen LogP contribution in [0.15, 0.2) is 24.3 Å². The average molecular weight is 263 g/mol. The molecule has 1 amide bonds. The fourth-order valence-corrected chi connectivity index (χ4v) is 2.37. The van der Waals surface area contributed by atoms with Gasteiger partial charge in [-0.25, -0.2) is 0 Å². The summed E-state index contributed by atoms with van der Waals surface area (Å²) in [5, 5.41) is 17.7. The van der Waals surface area contributed by atoms with E-state index in [2.05, 4.69) is 0 Å². The standard InChI is InChI=1S/C14H17NO4/c16-9-10-1-3-12(4-2-10)14(19)15-6-5-11(8-15)7-13(17)18/h1-4,11,16H,5-9H2,(H,17,18). The monoisotopic (exact) mass is 263 g/mol. The molecule has 2 N–H and O–H groups in total. The quantitative estimate of drug-likeness (QED) is 0.853. The first-order chi connectivity index (χ1) is 9.10. The molecule has 0 spiro atoms. The molecule has 0 radical (unpaired) electrons. The molecule has 5 nitrogen and oxygen atoms in total. The Balaban J connectivity index is 1.98. The molecule has 1 saturated heterocycles. The van der Waals surface area contributed by atoms with Crippen LogP contribution in [-0.2, 0) is 11.4 Å². The summed E-state index contributed by atoms with van der Waals surface area (Å²) >= 11 is 0. The summed E-state index contributed by atoms with van der Waals surface area (Å²) < 4.78 is 0. The zero-order valence-electron chi connectivity index (χ0n) is 10.6. The number of rotatable bonds is 4. The predicted octanol–water partition coefficient (Wildman–Crippen LogP) is 1.12. The Kier molecular flexibility index (Phi) is 4.16. The summed E-state index contributed by atoms with van der Waals surface area (Å²) in [4.78, 5) is 24.5. The van der Waals surface area contributed by atoms with Crippen molar-refractivity contribution < 1.29 is 19.8 Å². The number of carbonyl (C=O) groups excluding carboxylic acids is 1. The lowest BCUT2D eigenvalue weighted by Crippen LogP contribution is -2.29. The van der Waals surface area contributed by atoms with Crippen LogP contribution in [0.5, 0.6) is 0 Å². The minimum Gasteiger partial charge on any atom is -0.481 e. The molecule has 5 heteroatoms. The highest BCUT2D eigenvalue weighted by Crippen LogP contribution is 2.21. The van der Waals surface area contributed by atoms with E-state index < -0.39 is 5.97 Å². The van der Waals surface area contributed by atoms with Crippen molar-refractivity contribution in [3.63, 3.8) is 0 Å². The topological polar surface area (TPSA) is 77.8 Å². The van der Waals surface area contributed by atoms with Gasteiger partial charge in [-0.1, -0.05) is 12.1 Å². The summed E-state index contributed by atoms with van der Waals surface area (Å²) in [5.41, 5.74) is 1.34. The molecule has 1 unspecified atom stereocenters. The van der Waals surface area contributed by atoms with Crippen LogP contribution in [0.1, 0.15) is 28.8 Å². The molecular formula is C14H17NO4. The SMILES string of the molecule is O=C(O)CC1CCN(C(=O)c2ccc(CO)cc2)C1. The number of hydrogen-bond acceptors (Lipinski definition) is 3. The lowest BCUT2D eigenvalue weighted by atomic mass is 10.1. The number of aliphatic carboxylic acids is 1. The highest BCUT2D eigenvalue weighted by molar-refractivity contribution is 5.94. The zero-order chi connectivity index (χ0) is 13.8. The Hall–Kier alpha value is -1.88. The number of hydrogen-bond donors (Lipinski definition) is 2. The Morgan fingerprint density at radius 1 is 1.26 bits per heavy atom. The third kappa shape index (κ3) is 3.32. The van der Waals surface area contributed by atoms with Crippen molar-refractivity contribution in [3.05, 3.63) is 35.4 Å². The summed E-state index contributed by atoms with van der Waals surface area (Å²) in [7, 11) is 0. The number of carboxylic acids is 1. The van der Waals surface area contributed by atoms with Crippen molar-refractivity contribution in [1.82, 2.24) is 4.90 Å². The van der Waals surface area contributed by atoms with Gasteiger partial charge in [0.25, 0.3) is 5.91 Å². The molecule has 1 atom stereocenters. The zero-order valence-corrected chi connectivity index (χ0v) is 10.6. The number of aliphatic hydroxyl groups excluding tert-OH is 1. The van der Waals surface area contributed by atoms with Gasteiger partial charge in [-0.05, 0) is 30.0 Å². The van der Waals surface area contributed by atoms with Crippen molar-refractivity contribution in [2.24, 2.45) is 5.92 Å². The maximum atomic E-state index is 12.2. The van der Waals surface area contributed by atoms with Crippen LogP contribution in [0.4, 0.5) is 0 Å². The molecule has 1 aliphatic heterocycles. The minimum absolute atomic E-state index is 0.0428. The van der Waals surface area contributed by atoms with Crippen LogP contribution in [-0.4, -0.2) is 40.1 Å². The molecule has 0 saturated carbocycles. The van der Waals surface area contributed by atoms with E-state index in [9.17, 15) is 9.59 Å². The van der Waals surface area contributed by atoms with Gasteiger partial charge in [0, 0.05) is 25.1 Å². The van der Waals surface area contributed by atoms with Gasteiger partial charge in [0.1, 0.15) is 0 Å². The molecule has 1 fully saturated rings. The van der Waals surface area contributed by atoms with Gasteiger partial charge in [-0.15, -0.1) is 0 Å². The van der Waals surface area contributed by atoms with E-state index in [1.165, 1.54) is 0 Å². The van der Waals surface area contributed by atoms with E-state index in [0.29, 0.717) is 18.7 Å². The fourth-order valence-electron chi connectivity index (χ4n) is 2.37. The molecule has 0 bridgehead atoms. The number of likely N-dealkylation sites (tertiary alicyclic amines) is 1. The van der Waals surface area contributed by atoms with E-state index in [1.54, 1.807) is 29.2 Å². The number of carboxylic acid groups (broad SMARTS) is 1. The van der Waals surface area contributed by atoms with Gasteiger partial charge < -0.3 is 15.1 Å². The Morgan fingerprint density at radius 2 is 1.95 bits per heavy atom. The summed E-state index contributed by atoms with van der Waals surface area (Å²) in [6, 6.07) is 6.83. The minimum atomic E-state index is -0.813. The second-order valence-electron chi connectivity index (χ2n) is 4.86. The van der Waals surface area contributed by atoms with Crippen molar-refractivity contribution >= 4 is 11.9 Å². The normalized spacial score (nSPS) is 18.6. The second-order valence-corrected chi connectivity index (χ2v) is 4.86. The Morgan fingerprint density at radius 3 is 2.53 bits per heavy atom. The van der Waals surface area contributed by atoms with Gasteiger partial charge >= 0.3 is 5.97 Å². The fraction of sp³-hybridized carbons (Fsp3) is 0.429.